The molecule has 0 aromatic heterocycles. The number of nitrogens with zero attached hydrogens (tertiary/aromatic N) is 1. The number of nitriles is 1. The standard InChI is InChI=1S/C9H2F5NO2/c10-4-3(2(1-15)9(16)17)5(11)7(13)8(14)6(4)12/h2H,(H,16,17). The van der Waals surface area contributed by atoms with Crippen molar-refractivity contribution in [3.8, 4) is 6.07 Å². The number of aliphatic carboxylic acids is 1. The summed E-state index contributed by atoms with van der Waals surface area (Å²) in [4.78, 5) is 10.4. The molecule has 1 rings (SSSR count). The Kier molecular flexibility index (Phi) is 3.31. The van der Waals surface area contributed by atoms with E-state index in [-0.39, 0.29) is 0 Å². The van der Waals surface area contributed by atoms with E-state index in [1.165, 1.54) is 0 Å². The van der Waals surface area contributed by atoms with Crippen molar-refractivity contribution >= 4 is 5.97 Å². The van der Waals surface area contributed by atoms with Crippen molar-refractivity contribution in [3.05, 3.63) is 34.6 Å². The minimum absolute atomic E-state index is 0.938. The van der Waals surface area contributed by atoms with E-state index in [9.17, 15) is 26.7 Å². The van der Waals surface area contributed by atoms with Gasteiger partial charge in [0, 0.05) is 0 Å². The Balaban J connectivity index is 3.66. The number of benzene rings is 1. The zero-order valence-corrected chi connectivity index (χ0v) is 7.77. The summed E-state index contributed by atoms with van der Waals surface area (Å²) in [6.45, 7) is 0. The Morgan fingerprint density at radius 1 is 1.00 bits per heavy atom. The third-order valence-corrected chi connectivity index (χ3v) is 1.91. The summed E-state index contributed by atoms with van der Waals surface area (Å²) in [5, 5.41) is 16.8. The van der Waals surface area contributed by atoms with Gasteiger partial charge in [-0.05, 0) is 0 Å². The van der Waals surface area contributed by atoms with Crippen LogP contribution in [0.15, 0.2) is 0 Å². The van der Waals surface area contributed by atoms with Crippen molar-refractivity contribution in [1.82, 2.24) is 0 Å². The van der Waals surface area contributed by atoms with Gasteiger partial charge in [0.05, 0.1) is 11.6 Å². The molecule has 8 heteroatoms. The van der Waals surface area contributed by atoms with Gasteiger partial charge in [-0.2, -0.15) is 5.26 Å². The molecule has 1 aromatic rings. The number of carboxylic acids is 1. The van der Waals surface area contributed by atoms with E-state index in [4.69, 9.17) is 10.4 Å². The monoisotopic (exact) mass is 251 g/mol. The molecule has 0 aliphatic heterocycles. The van der Waals surface area contributed by atoms with E-state index in [1.54, 1.807) is 0 Å². The summed E-state index contributed by atoms with van der Waals surface area (Å²) in [6.07, 6.45) is 0. The highest BCUT2D eigenvalue weighted by Crippen LogP contribution is 2.28. The average Bonchev–Trinajstić information content (AvgIpc) is 2.29. The lowest BCUT2D eigenvalue weighted by Gasteiger charge is -2.09. The highest BCUT2D eigenvalue weighted by atomic mass is 19.2. The quantitative estimate of drug-likeness (QED) is 0.497. The van der Waals surface area contributed by atoms with E-state index < -0.39 is 46.5 Å². The van der Waals surface area contributed by atoms with Crippen LogP contribution in [0.2, 0.25) is 0 Å². The van der Waals surface area contributed by atoms with Crippen LogP contribution in [0.5, 0.6) is 0 Å². The smallest absolute Gasteiger partial charge is 0.325 e. The molecule has 3 nitrogen and oxygen atoms in total. The molecule has 0 bridgehead atoms. The van der Waals surface area contributed by atoms with Crippen molar-refractivity contribution < 1.29 is 31.9 Å². The lowest BCUT2D eigenvalue weighted by atomic mass is 9.99. The molecule has 0 aliphatic rings. The molecule has 1 aromatic carbocycles. The zero-order valence-electron chi connectivity index (χ0n) is 7.77. The number of halogens is 5. The Hall–Kier alpha value is -2.17. The van der Waals surface area contributed by atoms with Crippen molar-refractivity contribution in [2.75, 3.05) is 0 Å². The zero-order chi connectivity index (χ0) is 13.3. The van der Waals surface area contributed by atoms with Crippen molar-refractivity contribution in [2.24, 2.45) is 0 Å². The summed E-state index contributed by atoms with van der Waals surface area (Å²) >= 11 is 0. The molecule has 0 spiro atoms. The highest BCUT2D eigenvalue weighted by Gasteiger charge is 2.33. The third-order valence-electron chi connectivity index (χ3n) is 1.91. The summed E-state index contributed by atoms with van der Waals surface area (Å²) in [5.74, 6) is -16.1. The molecule has 1 atom stereocenters. The van der Waals surface area contributed by atoms with E-state index in [2.05, 4.69) is 0 Å². The fraction of sp³-hybridized carbons (Fsp3) is 0.111. The van der Waals surface area contributed by atoms with Gasteiger partial charge in [0.2, 0.25) is 5.82 Å². The molecular weight excluding hydrogens is 249 g/mol. The number of hydrogen-bond acceptors (Lipinski definition) is 2. The Bertz CT molecular complexity index is 508. The molecule has 0 heterocycles. The third kappa shape index (κ3) is 1.91. The number of carboxylic acid groups (broad SMARTS) is 1. The molecular formula is C9H2F5NO2. The largest absolute Gasteiger partial charge is 0.480 e. The Morgan fingerprint density at radius 3 is 1.65 bits per heavy atom. The Morgan fingerprint density at radius 2 is 1.35 bits per heavy atom. The predicted molar refractivity (Wildman–Crippen MR) is 42.2 cm³/mol. The van der Waals surface area contributed by atoms with Crippen LogP contribution in [-0.4, -0.2) is 11.1 Å². The summed E-state index contributed by atoms with van der Waals surface area (Å²) in [6, 6.07) is 0.938. The lowest BCUT2D eigenvalue weighted by Crippen LogP contribution is -2.17. The average molecular weight is 251 g/mol. The van der Waals surface area contributed by atoms with E-state index in [0.717, 1.165) is 6.07 Å². The first-order valence-electron chi connectivity index (χ1n) is 3.96. The van der Waals surface area contributed by atoms with Crippen LogP contribution < -0.4 is 0 Å². The summed E-state index contributed by atoms with van der Waals surface area (Å²) < 4.78 is 64.1. The van der Waals surface area contributed by atoms with Crippen LogP contribution >= 0.6 is 0 Å². The van der Waals surface area contributed by atoms with E-state index >= 15 is 0 Å². The maximum Gasteiger partial charge on any atom is 0.325 e. The van der Waals surface area contributed by atoms with Gasteiger partial charge in [0.15, 0.2) is 29.2 Å². The van der Waals surface area contributed by atoms with Gasteiger partial charge in [-0.15, -0.1) is 0 Å². The topological polar surface area (TPSA) is 61.1 Å². The van der Waals surface area contributed by atoms with Crippen LogP contribution in [-0.2, 0) is 4.79 Å². The van der Waals surface area contributed by atoms with Crippen molar-refractivity contribution in [3.63, 3.8) is 0 Å². The second-order valence-electron chi connectivity index (χ2n) is 2.88. The van der Waals surface area contributed by atoms with Gasteiger partial charge >= 0.3 is 5.97 Å². The van der Waals surface area contributed by atoms with Crippen LogP contribution in [0.4, 0.5) is 22.0 Å². The molecule has 17 heavy (non-hydrogen) atoms. The van der Waals surface area contributed by atoms with Gasteiger partial charge < -0.3 is 5.11 Å². The van der Waals surface area contributed by atoms with Crippen molar-refractivity contribution in [2.45, 2.75) is 5.92 Å². The second-order valence-corrected chi connectivity index (χ2v) is 2.88. The minimum Gasteiger partial charge on any atom is -0.480 e. The van der Waals surface area contributed by atoms with Gasteiger partial charge in [-0.25, -0.2) is 22.0 Å². The summed E-state index contributed by atoms with van der Waals surface area (Å²) in [7, 11) is 0. The second kappa shape index (κ2) is 4.37. The number of hydrogen-bond donors (Lipinski definition) is 1. The molecule has 0 aliphatic carbocycles. The van der Waals surface area contributed by atoms with E-state index in [0.29, 0.717) is 0 Å². The summed E-state index contributed by atoms with van der Waals surface area (Å²) in [5.41, 5.74) is -1.67. The van der Waals surface area contributed by atoms with E-state index in [1.807, 2.05) is 0 Å². The highest BCUT2D eigenvalue weighted by molar-refractivity contribution is 5.79. The first-order chi connectivity index (χ1) is 7.82. The molecule has 0 radical (unpaired) electrons. The normalized spacial score (nSPS) is 12.0. The predicted octanol–water partition coefficient (Wildman–Crippen LogP) is 2.07. The molecule has 0 saturated heterocycles. The lowest BCUT2D eigenvalue weighted by molar-refractivity contribution is -0.137. The molecule has 1 unspecified atom stereocenters. The van der Waals surface area contributed by atoms with Crippen LogP contribution in [0.25, 0.3) is 0 Å². The molecule has 1 N–H and O–H groups in total. The van der Waals surface area contributed by atoms with Crippen LogP contribution in [0, 0.1) is 40.4 Å². The first-order valence-corrected chi connectivity index (χ1v) is 3.96. The van der Waals surface area contributed by atoms with Gasteiger partial charge in [0.25, 0.3) is 0 Å². The minimum atomic E-state index is -2.47. The van der Waals surface area contributed by atoms with Crippen molar-refractivity contribution in [1.29, 1.82) is 5.26 Å². The van der Waals surface area contributed by atoms with Crippen LogP contribution in [0.3, 0.4) is 0 Å². The van der Waals surface area contributed by atoms with Crippen LogP contribution in [0.1, 0.15) is 11.5 Å². The molecule has 0 amide bonds. The maximum atomic E-state index is 13.1. The first kappa shape index (κ1) is 12.9. The maximum absolute atomic E-state index is 13.1. The van der Waals surface area contributed by atoms with Gasteiger partial charge in [-0.1, -0.05) is 0 Å². The van der Waals surface area contributed by atoms with Gasteiger partial charge in [0.1, 0.15) is 0 Å². The molecule has 0 fully saturated rings. The fourth-order valence-electron chi connectivity index (χ4n) is 1.12. The molecule has 90 valence electrons. The Labute approximate surface area is 90.7 Å². The number of carbonyl (C=O) groups is 1. The van der Waals surface area contributed by atoms with Gasteiger partial charge in [-0.3, -0.25) is 4.79 Å². The number of rotatable bonds is 2. The SMILES string of the molecule is N#CC(C(=O)O)c1c(F)c(F)c(F)c(F)c1F. The fourth-order valence-corrected chi connectivity index (χ4v) is 1.12. The molecule has 0 saturated carbocycles.